The van der Waals surface area contributed by atoms with Crippen LogP contribution in [0.25, 0.3) is 0 Å². The molecule has 0 unspecified atom stereocenters. The molecule has 0 aliphatic rings. The summed E-state index contributed by atoms with van der Waals surface area (Å²) in [6.07, 6.45) is 1.65. The van der Waals surface area contributed by atoms with E-state index in [-0.39, 0.29) is 0 Å². The average molecular weight is 335 g/mol. The molecule has 0 aliphatic carbocycles. The molecule has 4 nitrogen and oxygen atoms in total. The van der Waals surface area contributed by atoms with E-state index in [1.54, 1.807) is 13.3 Å². The van der Waals surface area contributed by atoms with Crippen LogP contribution in [0.5, 0.6) is 5.88 Å². The molecule has 0 amide bonds. The van der Waals surface area contributed by atoms with E-state index < -0.39 is 0 Å². The summed E-state index contributed by atoms with van der Waals surface area (Å²) in [5.41, 5.74) is 0. The Morgan fingerprint density at radius 2 is 2.35 bits per heavy atom. The number of hydrogen-bond donors (Lipinski definition) is 1. The summed E-state index contributed by atoms with van der Waals surface area (Å²) in [5, 5.41) is 3.10. The van der Waals surface area contributed by atoms with Crippen LogP contribution in [0.3, 0.4) is 0 Å². The highest BCUT2D eigenvalue weighted by atomic mass is 79.9. The van der Waals surface area contributed by atoms with Crippen LogP contribution in [-0.4, -0.2) is 17.1 Å². The van der Waals surface area contributed by atoms with Crippen molar-refractivity contribution < 1.29 is 4.74 Å². The van der Waals surface area contributed by atoms with E-state index in [1.807, 2.05) is 12.1 Å². The number of anilines is 1. The first-order chi connectivity index (χ1) is 8.19. The van der Waals surface area contributed by atoms with E-state index in [9.17, 15) is 0 Å². The number of hydrogen-bond acceptors (Lipinski definition) is 5. The zero-order chi connectivity index (χ0) is 12.3. The lowest BCUT2D eigenvalue weighted by molar-refractivity contribution is 0.394. The SMILES string of the molecule is COc1nc(NCc2ccc(Cl)s2)ncc1Br. The fourth-order valence-corrected chi connectivity index (χ4v) is 2.57. The van der Waals surface area contributed by atoms with Crippen LogP contribution in [0.4, 0.5) is 5.95 Å². The lowest BCUT2D eigenvalue weighted by Gasteiger charge is -2.05. The highest BCUT2D eigenvalue weighted by Gasteiger charge is 2.05. The molecule has 0 aliphatic heterocycles. The maximum atomic E-state index is 5.84. The number of nitrogens with zero attached hydrogens (tertiary/aromatic N) is 2. The Morgan fingerprint density at radius 1 is 1.53 bits per heavy atom. The fourth-order valence-electron chi connectivity index (χ4n) is 1.19. The van der Waals surface area contributed by atoms with E-state index in [1.165, 1.54) is 11.3 Å². The van der Waals surface area contributed by atoms with Crippen molar-refractivity contribution in [3.63, 3.8) is 0 Å². The van der Waals surface area contributed by atoms with Gasteiger partial charge >= 0.3 is 0 Å². The number of halogens is 2. The third-order valence-electron chi connectivity index (χ3n) is 1.95. The number of methoxy groups -OCH3 is 1. The molecule has 0 aromatic carbocycles. The summed E-state index contributed by atoms with van der Waals surface area (Å²) >= 11 is 10.7. The van der Waals surface area contributed by atoms with Gasteiger partial charge in [-0.3, -0.25) is 0 Å². The second-order valence-electron chi connectivity index (χ2n) is 3.11. The van der Waals surface area contributed by atoms with Crippen molar-refractivity contribution in [1.29, 1.82) is 0 Å². The van der Waals surface area contributed by atoms with Gasteiger partial charge in [0.25, 0.3) is 0 Å². The van der Waals surface area contributed by atoms with Crippen LogP contribution in [0.2, 0.25) is 4.34 Å². The zero-order valence-corrected chi connectivity index (χ0v) is 12.1. The summed E-state index contributed by atoms with van der Waals surface area (Å²) in [4.78, 5) is 9.45. The summed E-state index contributed by atoms with van der Waals surface area (Å²) in [6.45, 7) is 0.641. The normalized spacial score (nSPS) is 10.3. The van der Waals surface area contributed by atoms with Crippen LogP contribution < -0.4 is 10.1 Å². The lowest BCUT2D eigenvalue weighted by Crippen LogP contribution is -2.03. The molecule has 7 heteroatoms. The van der Waals surface area contributed by atoms with Crippen molar-refractivity contribution in [3.05, 3.63) is 32.0 Å². The lowest BCUT2D eigenvalue weighted by atomic mass is 10.5. The Labute approximate surface area is 116 Å². The van der Waals surface area contributed by atoms with Gasteiger partial charge in [-0.2, -0.15) is 4.98 Å². The zero-order valence-electron chi connectivity index (χ0n) is 8.91. The minimum Gasteiger partial charge on any atom is -0.480 e. The molecule has 0 fully saturated rings. The molecule has 0 saturated heterocycles. The van der Waals surface area contributed by atoms with Crippen molar-refractivity contribution in [2.45, 2.75) is 6.54 Å². The minimum absolute atomic E-state index is 0.506. The van der Waals surface area contributed by atoms with Gasteiger partial charge in [0.05, 0.1) is 28.7 Å². The maximum Gasteiger partial charge on any atom is 0.232 e. The fraction of sp³-hybridized carbons (Fsp3) is 0.200. The molecular weight excluding hydrogens is 326 g/mol. The number of nitrogens with one attached hydrogen (secondary N) is 1. The molecule has 1 N–H and O–H groups in total. The van der Waals surface area contributed by atoms with Gasteiger partial charge in [0.1, 0.15) is 0 Å². The van der Waals surface area contributed by atoms with E-state index in [0.717, 1.165) is 13.7 Å². The first-order valence-corrected chi connectivity index (χ1v) is 6.72. The van der Waals surface area contributed by atoms with Gasteiger partial charge in [0.2, 0.25) is 11.8 Å². The number of ether oxygens (including phenoxy) is 1. The second kappa shape index (κ2) is 5.66. The summed E-state index contributed by atoms with van der Waals surface area (Å²) in [7, 11) is 1.57. The molecular formula is C10H9BrClN3OS. The van der Waals surface area contributed by atoms with Crippen molar-refractivity contribution in [3.8, 4) is 5.88 Å². The first kappa shape index (κ1) is 12.6. The monoisotopic (exact) mass is 333 g/mol. The Morgan fingerprint density at radius 3 is 3.00 bits per heavy atom. The Hall–Kier alpha value is -0.850. The van der Waals surface area contributed by atoms with Gasteiger partial charge in [0.15, 0.2) is 0 Å². The Balaban J connectivity index is 2.04. The van der Waals surface area contributed by atoms with E-state index >= 15 is 0 Å². The van der Waals surface area contributed by atoms with Crippen LogP contribution in [-0.2, 0) is 6.54 Å². The van der Waals surface area contributed by atoms with Crippen LogP contribution in [0.15, 0.2) is 22.8 Å². The van der Waals surface area contributed by atoms with Gasteiger partial charge < -0.3 is 10.1 Å². The van der Waals surface area contributed by atoms with Gasteiger partial charge in [-0.15, -0.1) is 11.3 Å². The standard InChI is InChI=1S/C10H9BrClN3OS/c1-16-9-7(11)5-14-10(15-9)13-4-6-2-3-8(12)17-6/h2-3,5H,4H2,1H3,(H,13,14,15). The number of thiophene rings is 1. The average Bonchev–Trinajstić information content (AvgIpc) is 2.74. The quantitative estimate of drug-likeness (QED) is 0.928. The summed E-state index contributed by atoms with van der Waals surface area (Å²) in [5.74, 6) is 1.03. The van der Waals surface area contributed by atoms with Crippen molar-refractivity contribution >= 4 is 44.8 Å². The van der Waals surface area contributed by atoms with Crippen LogP contribution in [0, 0.1) is 0 Å². The van der Waals surface area contributed by atoms with Crippen LogP contribution in [0.1, 0.15) is 4.88 Å². The van der Waals surface area contributed by atoms with Gasteiger partial charge in [-0.1, -0.05) is 11.6 Å². The van der Waals surface area contributed by atoms with Crippen molar-refractivity contribution in [1.82, 2.24) is 9.97 Å². The maximum absolute atomic E-state index is 5.84. The van der Waals surface area contributed by atoms with Gasteiger partial charge in [-0.05, 0) is 28.1 Å². The largest absolute Gasteiger partial charge is 0.480 e. The summed E-state index contributed by atoms with van der Waals surface area (Å²) in [6, 6.07) is 3.84. The topological polar surface area (TPSA) is 47.0 Å². The molecule has 2 aromatic rings. The first-order valence-electron chi connectivity index (χ1n) is 4.73. The minimum atomic E-state index is 0.506. The predicted octanol–water partition coefficient (Wildman–Crippen LogP) is 3.57. The molecule has 0 saturated carbocycles. The molecule has 0 bridgehead atoms. The van der Waals surface area contributed by atoms with Crippen molar-refractivity contribution in [2.75, 3.05) is 12.4 Å². The summed E-state index contributed by atoms with van der Waals surface area (Å²) < 4.78 is 6.59. The molecule has 17 heavy (non-hydrogen) atoms. The molecule has 0 radical (unpaired) electrons. The molecule has 0 atom stereocenters. The smallest absolute Gasteiger partial charge is 0.232 e. The third-order valence-corrected chi connectivity index (χ3v) is 3.73. The van der Waals surface area contributed by atoms with Gasteiger partial charge in [-0.25, -0.2) is 4.98 Å². The van der Waals surface area contributed by atoms with Crippen molar-refractivity contribution in [2.24, 2.45) is 0 Å². The molecule has 2 aromatic heterocycles. The molecule has 90 valence electrons. The molecule has 2 heterocycles. The Kier molecular flexibility index (Phi) is 4.20. The highest BCUT2D eigenvalue weighted by Crippen LogP contribution is 2.24. The Bertz CT molecular complexity index is 520. The van der Waals surface area contributed by atoms with E-state index in [0.29, 0.717) is 18.4 Å². The predicted molar refractivity (Wildman–Crippen MR) is 72.9 cm³/mol. The second-order valence-corrected chi connectivity index (χ2v) is 5.76. The number of aromatic nitrogens is 2. The number of rotatable bonds is 4. The highest BCUT2D eigenvalue weighted by molar-refractivity contribution is 9.10. The molecule has 2 rings (SSSR count). The van der Waals surface area contributed by atoms with E-state index in [4.69, 9.17) is 16.3 Å². The van der Waals surface area contributed by atoms with E-state index in [2.05, 4.69) is 31.2 Å². The molecule has 0 spiro atoms. The van der Waals surface area contributed by atoms with Gasteiger partial charge in [0, 0.05) is 4.88 Å². The third kappa shape index (κ3) is 3.31. The van der Waals surface area contributed by atoms with Crippen LogP contribution >= 0.6 is 38.9 Å².